The van der Waals surface area contributed by atoms with E-state index >= 15 is 0 Å². The van der Waals surface area contributed by atoms with Crippen molar-refractivity contribution < 1.29 is 13.6 Å². The average molecular weight is 402 g/mol. The van der Waals surface area contributed by atoms with Gasteiger partial charge in [-0.05, 0) is 49.4 Å². The Bertz CT molecular complexity index is 1170. The number of carbonyl (C=O) groups excluding carboxylic acids is 1. The molecule has 0 unspecified atom stereocenters. The first-order chi connectivity index (χ1) is 14.6. The molecule has 0 aliphatic carbocycles. The van der Waals surface area contributed by atoms with E-state index in [1.165, 1.54) is 12.1 Å². The highest BCUT2D eigenvalue weighted by atomic mass is 19.1. The highest BCUT2D eigenvalue weighted by Gasteiger charge is 2.08. The van der Waals surface area contributed by atoms with E-state index in [0.29, 0.717) is 40.6 Å². The zero-order chi connectivity index (χ0) is 20.9. The number of amides is 1. The average Bonchev–Trinajstić information content (AvgIpc) is 3.18. The minimum Gasteiger partial charge on any atom is -0.465 e. The Kier molecular flexibility index (Phi) is 5.52. The Hall–Kier alpha value is -4.00. The molecule has 150 valence electrons. The normalized spacial score (nSPS) is 10.6. The van der Waals surface area contributed by atoms with E-state index in [1.807, 2.05) is 25.1 Å². The van der Waals surface area contributed by atoms with Crippen molar-refractivity contribution in [3.63, 3.8) is 0 Å². The standard InChI is InChI=1S/C23H19FN4O2/c1-15-8-9-20(30-15)12-27-23(29)17-5-3-7-19(11-17)28-22-14-25-21(13-26-22)16-4-2-6-18(24)10-16/h2-11,13-14H,12H2,1H3,(H,26,28)(H,27,29). The molecule has 0 saturated heterocycles. The van der Waals surface area contributed by atoms with E-state index in [1.54, 1.807) is 42.7 Å². The molecule has 4 aromatic rings. The number of halogens is 1. The van der Waals surface area contributed by atoms with E-state index < -0.39 is 0 Å². The smallest absolute Gasteiger partial charge is 0.251 e. The number of nitrogens with zero attached hydrogens (tertiary/aromatic N) is 2. The summed E-state index contributed by atoms with van der Waals surface area (Å²) >= 11 is 0. The Morgan fingerprint density at radius 2 is 1.90 bits per heavy atom. The zero-order valence-corrected chi connectivity index (χ0v) is 16.2. The van der Waals surface area contributed by atoms with Crippen molar-refractivity contribution >= 4 is 17.4 Å². The van der Waals surface area contributed by atoms with Gasteiger partial charge in [0.05, 0.1) is 24.6 Å². The van der Waals surface area contributed by atoms with E-state index in [-0.39, 0.29) is 11.7 Å². The lowest BCUT2D eigenvalue weighted by Crippen LogP contribution is -2.22. The summed E-state index contributed by atoms with van der Waals surface area (Å²) < 4.78 is 18.8. The summed E-state index contributed by atoms with van der Waals surface area (Å²) in [6, 6.07) is 16.9. The lowest BCUT2D eigenvalue weighted by molar-refractivity contribution is 0.0948. The molecule has 0 fully saturated rings. The first kappa shape index (κ1) is 19.3. The molecule has 7 heteroatoms. The molecule has 0 aliphatic heterocycles. The van der Waals surface area contributed by atoms with Crippen LogP contribution in [0.1, 0.15) is 21.9 Å². The summed E-state index contributed by atoms with van der Waals surface area (Å²) in [6.45, 7) is 2.17. The fourth-order valence-electron chi connectivity index (χ4n) is 2.93. The fraction of sp³-hybridized carbons (Fsp3) is 0.0870. The van der Waals surface area contributed by atoms with Crippen LogP contribution < -0.4 is 10.6 Å². The summed E-state index contributed by atoms with van der Waals surface area (Å²) in [7, 11) is 0. The third kappa shape index (κ3) is 4.70. The van der Waals surface area contributed by atoms with Gasteiger partial charge in [-0.15, -0.1) is 0 Å². The van der Waals surface area contributed by atoms with Crippen LogP contribution in [0.15, 0.2) is 77.5 Å². The van der Waals surface area contributed by atoms with Crippen LogP contribution in [0.5, 0.6) is 0 Å². The molecule has 2 N–H and O–H groups in total. The van der Waals surface area contributed by atoms with Crippen LogP contribution >= 0.6 is 0 Å². The SMILES string of the molecule is Cc1ccc(CNC(=O)c2cccc(Nc3cnc(-c4cccc(F)c4)cn3)c2)o1. The minimum atomic E-state index is -0.325. The predicted octanol–water partition coefficient (Wildman–Crippen LogP) is 4.86. The van der Waals surface area contributed by atoms with Crippen molar-refractivity contribution in [3.05, 3.63) is 96.0 Å². The number of aryl methyl sites for hydroxylation is 1. The topological polar surface area (TPSA) is 80.0 Å². The fourth-order valence-corrected chi connectivity index (χ4v) is 2.93. The number of furan rings is 1. The molecule has 0 atom stereocenters. The van der Waals surface area contributed by atoms with Gasteiger partial charge in [0.2, 0.25) is 0 Å². The third-order valence-corrected chi connectivity index (χ3v) is 4.39. The van der Waals surface area contributed by atoms with Crippen LogP contribution in [0.25, 0.3) is 11.3 Å². The highest BCUT2D eigenvalue weighted by Crippen LogP contribution is 2.20. The van der Waals surface area contributed by atoms with Gasteiger partial charge in [0.15, 0.2) is 0 Å². The van der Waals surface area contributed by atoms with E-state index in [0.717, 1.165) is 5.76 Å². The highest BCUT2D eigenvalue weighted by molar-refractivity contribution is 5.95. The molecular weight excluding hydrogens is 383 g/mol. The molecule has 1 amide bonds. The molecule has 0 aliphatic rings. The van der Waals surface area contributed by atoms with E-state index in [4.69, 9.17) is 4.42 Å². The van der Waals surface area contributed by atoms with Crippen LogP contribution in [0.4, 0.5) is 15.9 Å². The Labute approximate surface area is 172 Å². The lowest BCUT2D eigenvalue weighted by Gasteiger charge is -2.09. The Balaban J connectivity index is 1.42. The maximum Gasteiger partial charge on any atom is 0.251 e. The summed E-state index contributed by atoms with van der Waals surface area (Å²) in [4.78, 5) is 21.1. The minimum absolute atomic E-state index is 0.208. The Morgan fingerprint density at radius 1 is 1.03 bits per heavy atom. The number of rotatable bonds is 6. The van der Waals surface area contributed by atoms with Crippen LogP contribution in [-0.2, 0) is 6.54 Å². The zero-order valence-electron chi connectivity index (χ0n) is 16.2. The number of hydrogen-bond acceptors (Lipinski definition) is 5. The molecule has 0 saturated carbocycles. The van der Waals surface area contributed by atoms with Crippen molar-refractivity contribution in [2.45, 2.75) is 13.5 Å². The lowest BCUT2D eigenvalue weighted by atomic mass is 10.1. The van der Waals surface area contributed by atoms with Gasteiger partial charge < -0.3 is 15.1 Å². The third-order valence-electron chi connectivity index (χ3n) is 4.39. The van der Waals surface area contributed by atoms with Gasteiger partial charge in [-0.3, -0.25) is 9.78 Å². The second-order valence-corrected chi connectivity index (χ2v) is 6.70. The van der Waals surface area contributed by atoms with Crippen LogP contribution in [-0.4, -0.2) is 15.9 Å². The van der Waals surface area contributed by atoms with Gasteiger partial charge in [-0.1, -0.05) is 18.2 Å². The Morgan fingerprint density at radius 3 is 2.63 bits per heavy atom. The van der Waals surface area contributed by atoms with Gasteiger partial charge in [-0.2, -0.15) is 0 Å². The number of nitrogens with one attached hydrogen (secondary N) is 2. The second kappa shape index (κ2) is 8.57. The molecule has 2 heterocycles. The predicted molar refractivity (Wildman–Crippen MR) is 112 cm³/mol. The van der Waals surface area contributed by atoms with Crippen LogP contribution in [0, 0.1) is 12.7 Å². The molecule has 0 spiro atoms. The van der Waals surface area contributed by atoms with Gasteiger partial charge in [0.1, 0.15) is 23.2 Å². The maximum atomic E-state index is 13.4. The van der Waals surface area contributed by atoms with E-state index in [9.17, 15) is 9.18 Å². The van der Waals surface area contributed by atoms with Gasteiger partial charge in [-0.25, -0.2) is 9.37 Å². The molecule has 2 aromatic carbocycles. The monoisotopic (exact) mass is 402 g/mol. The first-order valence-electron chi connectivity index (χ1n) is 9.35. The van der Waals surface area contributed by atoms with Gasteiger partial charge in [0.25, 0.3) is 5.91 Å². The molecule has 0 radical (unpaired) electrons. The molecule has 4 rings (SSSR count). The summed E-state index contributed by atoms with van der Waals surface area (Å²) in [6.07, 6.45) is 3.13. The first-order valence-corrected chi connectivity index (χ1v) is 9.35. The quantitative estimate of drug-likeness (QED) is 0.482. The number of hydrogen-bond donors (Lipinski definition) is 2. The van der Waals surface area contributed by atoms with Crippen LogP contribution in [0.2, 0.25) is 0 Å². The van der Waals surface area contributed by atoms with Crippen molar-refractivity contribution in [2.24, 2.45) is 0 Å². The number of carbonyl (C=O) groups is 1. The summed E-state index contributed by atoms with van der Waals surface area (Å²) in [5.41, 5.74) is 2.43. The van der Waals surface area contributed by atoms with Crippen LogP contribution in [0.3, 0.4) is 0 Å². The number of benzene rings is 2. The largest absolute Gasteiger partial charge is 0.465 e. The van der Waals surface area contributed by atoms with E-state index in [2.05, 4.69) is 20.6 Å². The summed E-state index contributed by atoms with van der Waals surface area (Å²) in [5.74, 6) is 1.48. The molecule has 30 heavy (non-hydrogen) atoms. The number of anilines is 2. The molecule has 0 bridgehead atoms. The second-order valence-electron chi connectivity index (χ2n) is 6.70. The van der Waals surface area contributed by atoms with Crippen molar-refractivity contribution in [1.29, 1.82) is 0 Å². The van der Waals surface area contributed by atoms with Crippen molar-refractivity contribution in [1.82, 2.24) is 15.3 Å². The molecular formula is C23H19FN4O2. The van der Waals surface area contributed by atoms with Crippen molar-refractivity contribution in [2.75, 3.05) is 5.32 Å². The molecule has 2 aromatic heterocycles. The summed E-state index contributed by atoms with van der Waals surface area (Å²) in [5, 5.41) is 5.95. The maximum absolute atomic E-state index is 13.4. The van der Waals surface area contributed by atoms with Crippen molar-refractivity contribution in [3.8, 4) is 11.3 Å². The molecule has 6 nitrogen and oxygen atoms in total. The number of aromatic nitrogens is 2. The van der Waals surface area contributed by atoms with Gasteiger partial charge in [0, 0.05) is 16.8 Å². The van der Waals surface area contributed by atoms with Gasteiger partial charge >= 0.3 is 0 Å².